The number of halogens is 1. The molecule has 2 rings (SSSR count). The first-order chi connectivity index (χ1) is 9.56. The number of aryl methyl sites for hydroxylation is 2. The smallest absolute Gasteiger partial charge is 0.251 e. The fourth-order valence-electron chi connectivity index (χ4n) is 2.17. The van der Waals surface area contributed by atoms with Crippen molar-refractivity contribution in [2.75, 3.05) is 6.54 Å². The van der Waals surface area contributed by atoms with Gasteiger partial charge in [-0.3, -0.25) is 4.79 Å². The summed E-state index contributed by atoms with van der Waals surface area (Å²) < 4.78 is 0. The molecule has 0 aromatic heterocycles. The average Bonchev–Trinajstić information content (AvgIpc) is 2.44. The van der Waals surface area contributed by atoms with Gasteiger partial charge in [-0.25, -0.2) is 0 Å². The largest absolute Gasteiger partial charge is 0.350 e. The number of rotatable bonds is 4. The van der Waals surface area contributed by atoms with E-state index in [-0.39, 0.29) is 11.3 Å². The third-order valence-electron chi connectivity index (χ3n) is 3.09. The summed E-state index contributed by atoms with van der Waals surface area (Å²) in [7, 11) is 0. The Balaban J connectivity index is 1.98. The lowest BCUT2D eigenvalue weighted by Gasteiger charge is -2.12. The van der Waals surface area contributed by atoms with Gasteiger partial charge in [-0.05, 0) is 31.5 Å². The van der Waals surface area contributed by atoms with E-state index in [4.69, 9.17) is 11.6 Å². The lowest BCUT2D eigenvalue weighted by atomic mass is 10.1. The topological polar surface area (TPSA) is 29.1 Å². The Bertz CT molecular complexity index is 575. The van der Waals surface area contributed by atoms with Gasteiger partial charge in [-0.1, -0.05) is 47.5 Å². The maximum atomic E-state index is 12.1. The van der Waals surface area contributed by atoms with Gasteiger partial charge < -0.3 is 5.32 Å². The molecular weight excluding hydrogens is 270 g/mol. The number of carbonyl (C=O) groups is 1. The van der Waals surface area contributed by atoms with E-state index in [2.05, 4.69) is 5.32 Å². The summed E-state index contributed by atoms with van der Waals surface area (Å²) in [6.07, 6.45) is 0. The van der Waals surface area contributed by atoms with Gasteiger partial charge in [-0.2, -0.15) is 0 Å². The van der Waals surface area contributed by atoms with Crippen molar-refractivity contribution in [1.29, 1.82) is 0 Å². The van der Waals surface area contributed by atoms with E-state index in [1.54, 1.807) is 0 Å². The lowest BCUT2D eigenvalue weighted by Crippen LogP contribution is -2.27. The van der Waals surface area contributed by atoms with Crippen molar-refractivity contribution in [3.05, 3.63) is 70.8 Å². The standard InChI is InChI=1S/C17H18ClNO/c1-12-8-13(2)10-15(9-12)17(20)19-11-16(18)14-6-4-3-5-7-14/h3-10,16H,11H2,1-2H3,(H,19,20). The quantitative estimate of drug-likeness (QED) is 0.846. The molecule has 0 aliphatic rings. The first kappa shape index (κ1) is 14.6. The van der Waals surface area contributed by atoms with E-state index < -0.39 is 0 Å². The zero-order chi connectivity index (χ0) is 14.5. The second-order valence-electron chi connectivity index (χ2n) is 4.96. The minimum atomic E-state index is -0.217. The molecule has 1 atom stereocenters. The zero-order valence-electron chi connectivity index (χ0n) is 11.7. The van der Waals surface area contributed by atoms with Crippen molar-refractivity contribution in [2.24, 2.45) is 0 Å². The highest BCUT2D eigenvalue weighted by atomic mass is 35.5. The van der Waals surface area contributed by atoms with Crippen molar-refractivity contribution >= 4 is 17.5 Å². The normalized spacial score (nSPS) is 11.9. The van der Waals surface area contributed by atoms with Gasteiger partial charge in [0.25, 0.3) is 5.91 Å². The maximum Gasteiger partial charge on any atom is 0.251 e. The number of carbonyl (C=O) groups excluding carboxylic acids is 1. The Kier molecular flexibility index (Phi) is 4.80. The van der Waals surface area contributed by atoms with E-state index in [9.17, 15) is 4.79 Å². The Morgan fingerprint density at radius 1 is 1.10 bits per heavy atom. The summed E-state index contributed by atoms with van der Waals surface area (Å²) in [6.45, 7) is 4.38. The molecule has 0 radical (unpaired) electrons. The molecule has 0 aliphatic carbocycles. The SMILES string of the molecule is Cc1cc(C)cc(C(=O)NCC(Cl)c2ccccc2)c1. The van der Waals surface area contributed by atoms with Crippen LogP contribution in [0.5, 0.6) is 0 Å². The minimum Gasteiger partial charge on any atom is -0.350 e. The van der Waals surface area contributed by atoms with Gasteiger partial charge >= 0.3 is 0 Å². The summed E-state index contributed by atoms with van der Waals surface area (Å²) in [5, 5.41) is 2.66. The van der Waals surface area contributed by atoms with Gasteiger partial charge in [0.05, 0.1) is 5.38 Å². The molecule has 0 bridgehead atoms. The van der Waals surface area contributed by atoms with Crippen LogP contribution in [-0.2, 0) is 0 Å². The Hall–Kier alpha value is -1.80. The van der Waals surface area contributed by atoms with Crippen LogP contribution >= 0.6 is 11.6 Å². The minimum absolute atomic E-state index is 0.0848. The molecular formula is C17H18ClNO. The third kappa shape index (κ3) is 3.84. The highest BCUT2D eigenvalue weighted by Crippen LogP contribution is 2.19. The number of hydrogen-bond acceptors (Lipinski definition) is 1. The first-order valence-electron chi connectivity index (χ1n) is 6.62. The molecule has 3 heteroatoms. The molecule has 1 N–H and O–H groups in total. The molecule has 2 aromatic carbocycles. The summed E-state index contributed by atoms with van der Waals surface area (Å²) in [6, 6.07) is 15.6. The molecule has 0 heterocycles. The highest BCUT2D eigenvalue weighted by molar-refractivity contribution is 6.21. The summed E-state index contributed by atoms with van der Waals surface area (Å²) >= 11 is 6.29. The van der Waals surface area contributed by atoms with Crippen LogP contribution in [0.25, 0.3) is 0 Å². The summed E-state index contributed by atoms with van der Waals surface area (Å²) in [4.78, 5) is 12.1. The number of benzene rings is 2. The van der Waals surface area contributed by atoms with Gasteiger partial charge in [-0.15, -0.1) is 11.6 Å². The van der Waals surface area contributed by atoms with E-state index in [0.717, 1.165) is 16.7 Å². The van der Waals surface area contributed by atoms with Crippen LogP contribution in [0.2, 0.25) is 0 Å². The molecule has 0 spiro atoms. The molecule has 0 saturated heterocycles. The number of nitrogens with one attached hydrogen (secondary N) is 1. The molecule has 20 heavy (non-hydrogen) atoms. The van der Waals surface area contributed by atoms with Crippen molar-refractivity contribution in [3.8, 4) is 0 Å². The second kappa shape index (κ2) is 6.58. The summed E-state index contributed by atoms with van der Waals surface area (Å²) in [5.74, 6) is -0.0848. The van der Waals surface area contributed by atoms with Crippen LogP contribution < -0.4 is 5.32 Å². The number of amides is 1. The fraction of sp³-hybridized carbons (Fsp3) is 0.235. The van der Waals surface area contributed by atoms with E-state index in [1.807, 2.05) is 62.4 Å². The second-order valence-corrected chi connectivity index (χ2v) is 5.49. The Labute approximate surface area is 124 Å². The van der Waals surface area contributed by atoms with E-state index >= 15 is 0 Å². The van der Waals surface area contributed by atoms with Crippen LogP contribution in [-0.4, -0.2) is 12.5 Å². The van der Waals surface area contributed by atoms with Crippen LogP contribution in [0.15, 0.2) is 48.5 Å². The van der Waals surface area contributed by atoms with E-state index in [1.165, 1.54) is 0 Å². The van der Waals surface area contributed by atoms with Crippen molar-refractivity contribution in [1.82, 2.24) is 5.32 Å². The molecule has 2 aromatic rings. The third-order valence-corrected chi connectivity index (χ3v) is 3.49. The van der Waals surface area contributed by atoms with Gasteiger partial charge in [0.2, 0.25) is 0 Å². The van der Waals surface area contributed by atoms with Crippen LogP contribution in [0.3, 0.4) is 0 Å². The Morgan fingerprint density at radius 3 is 2.30 bits per heavy atom. The maximum absolute atomic E-state index is 12.1. The Morgan fingerprint density at radius 2 is 1.70 bits per heavy atom. The lowest BCUT2D eigenvalue weighted by molar-refractivity contribution is 0.0953. The zero-order valence-corrected chi connectivity index (χ0v) is 12.4. The summed E-state index contributed by atoms with van der Waals surface area (Å²) in [5.41, 5.74) is 3.86. The molecule has 104 valence electrons. The van der Waals surface area contributed by atoms with Gasteiger partial charge in [0.1, 0.15) is 0 Å². The molecule has 0 aliphatic heterocycles. The highest BCUT2D eigenvalue weighted by Gasteiger charge is 2.11. The monoisotopic (exact) mass is 287 g/mol. The van der Waals surface area contributed by atoms with Crippen LogP contribution in [0.1, 0.15) is 32.4 Å². The van der Waals surface area contributed by atoms with E-state index in [0.29, 0.717) is 12.1 Å². The van der Waals surface area contributed by atoms with Crippen LogP contribution in [0.4, 0.5) is 0 Å². The predicted molar refractivity (Wildman–Crippen MR) is 83.3 cm³/mol. The average molecular weight is 288 g/mol. The molecule has 0 fully saturated rings. The van der Waals surface area contributed by atoms with Gasteiger partial charge in [0.15, 0.2) is 0 Å². The van der Waals surface area contributed by atoms with Crippen molar-refractivity contribution in [2.45, 2.75) is 19.2 Å². The number of hydrogen-bond donors (Lipinski definition) is 1. The molecule has 1 unspecified atom stereocenters. The molecule has 1 amide bonds. The predicted octanol–water partition coefficient (Wildman–Crippen LogP) is 4.01. The number of alkyl halides is 1. The molecule has 0 saturated carbocycles. The van der Waals surface area contributed by atoms with Crippen molar-refractivity contribution in [3.63, 3.8) is 0 Å². The fourth-order valence-corrected chi connectivity index (χ4v) is 2.39. The van der Waals surface area contributed by atoms with Gasteiger partial charge in [0, 0.05) is 12.1 Å². The molecule has 2 nitrogen and oxygen atoms in total. The van der Waals surface area contributed by atoms with Crippen LogP contribution in [0, 0.1) is 13.8 Å². The first-order valence-corrected chi connectivity index (χ1v) is 7.05. The van der Waals surface area contributed by atoms with Crippen molar-refractivity contribution < 1.29 is 4.79 Å².